The number of halogens is 3. The van der Waals surface area contributed by atoms with Crippen molar-refractivity contribution in [2.24, 2.45) is 0 Å². The van der Waals surface area contributed by atoms with Crippen LogP contribution in [0.25, 0.3) is 0 Å². The maximum absolute atomic E-state index is 12.9. The Kier molecular flexibility index (Phi) is 5.47. The van der Waals surface area contributed by atoms with Gasteiger partial charge in [0.2, 0.25) is 11.8 Å². The highest BCUT2D eigenvalue weighted by atomic mass is 19.4. The average molecular weight is 371 g/mol. The van der Waals surface area contributed by atoms with Crippen LogP contribution in [0.15, 0.2) is 24.3 Å². The van der Waals surface area contributed by atoms with Gasteiger partial charge in [0, 0.05) is 19.6 Å². The Morgan fingerprint density at radius 3 is 2.81 bits per heavy atom. The van der Waals surface area contributed by atoms with Crippen LogP contribution in [0.3, 0.4) is 0 Å². The van der Waals surface area contributed by atoms with Gasteiger partial charge in [-0.3, -0.25) is 19.3 Å². The molecule has 1 N–H and O–H groups in total. The van der Waals surface area contributed by atoms with Crippen molar-refractivity contribution in [3.05, 3.63) is 35.4 Å². The molecule has 1 aromatic carbocycles. The van der Waals surface area contributed by atoms with Gasteiger partial charge in [-0.05, 0) is 18.1 Å². The van der Waals surface area contributed by atoms with E-state index in [4.69, 9.17) is 4.84 Å². The van der Waals surface area contributed by atoms with Crippen LogP contribution in [0.5, 0.6) is 0 Å². The molecule has 2 aliphatic rings. The summed E-state index contributed by atoms with van der Waals surface area (Å²) in [6, 6.07) is 4.30. The molecule has 26 heavy (non-hydrogen) atoms. The van der Waals surface area contributed by atoms with Crippen molar-refractivity contribution in [3.63, 3.8) is 0 Å². The third-order valence-electron chi connectivity index (χ3n) is 4.48. The van der Waals surface area contributed by atoms with Crippen LogP contribution in [0.1, 0.15) is 24.0 Å². The highest BCUT2D eigenvalue weighted by Gasteiger charge is 2.35. The normalized spacial score (nSPS) is 21.7. The summed E-state index contributed by atoms with van der Waals surface area (Å²) in [4.78, 5) is 31.5. The third kappa shape index (κ3) is 4.34. The number of nitrogens with one attached hydrogen (secondary N) is 1. The van der Waals surface area contributed by atoms with Crippen molar-refractivity contribution in [3.8, 4) is 0 Å². The molecular weight excluding hydrogens is 351 g/mol. The lowest BCUT2D eigenvalue weighted by atomic mass is 10.0. The molecule has 3 rings (SSSR count). The van der Waals surface area contributed by atoms with E-state index in [1.165, 1.54) is 11.1 Å². The maximum atomic E-state index is 12.9. The van der Waals surface area contributed by atoms with Crippen molar-refractivity contribution in [1.82, 2.24) is 15.3 Å². The fraction of sp³-hybridized carbons (Fsp3) is 0.529. The molecule has 0 aliphatic carbocycles. The topological polar surface area (TPSA) is 61.9 Å². The Bertz CT molecular complexity index is 675. The van der Waals surface area contributed by atoms with Crippen LogP contribution in [0.2, 0.25) is 0 Å². The minimum atomic E-state index is -4.42. The first-order valence-electron chi connectivity index (χ1n) is 8.46. The van der Waals surface area contributed by atoms with E-state index in [0.29, 0.717) is 31.8 Å². The van der Waals surface area contributed by atoms with Gasteiger partial charge in [-0.2, -0.15) is 13.2 Å². The van der Waals surface area contributed by atoms with Crippen LogP contribution >= 0.6 is 0 Å². The van der Waals surface area contributed by atoms with E-state index in [0.717, 1.165) is 18.6 Å². The molecule has 1 aromatic rings. The lowest BCUT2D eigenvalue weighted by Crippen LogP contribution is -2.56. The van der Waals surface area contributed by atoms with Crippen LogP contribution < -0.4 is 5.32 Å². The zero-order valence-electron chi connectivity index (χ0n) is 14.1. The first-order chi connectivity index (χ1) is 12.3. The summed E-state index contributed by atoms with van der Waals surface area (Å²) in [5.41, 5.74) is -0.279. The maximum Gasteiger partial charge on any atom is 0.416 e. The zero-order chi connectivity index (χ0) is 18.7. The van der Waals surface area contributed by atoms with Crippen LogP contribution in [0.4, 0.5) is 13.2 Å². The second-order valence-electron chi connectivity index (χ2n) is 6.36. The van der Waals surface area contributed by atoms with Gasteiger partial charge in [0.25, 0.3) is 0 Å². The van der Waals surface area contributed by atoms with Crippen molar-refractivity contribution in [2.45, 2.75) is 31.6 Å². The predicted molar refractivity (Wildman–Crippen MR) is 85.6 cm³/mol. The highest BCUT2D eigenvalue weighted by molar-refractivity contribution is 5.88. The molecule has 0 spiro atoms. The number of alkyl halides is 3. The van der Waals surface area contributed by atoms with Crippen molar-refractivity contribution < 1.29 is 27.6 Å². The van der Waals surface area contributed by atoms with Gasteiger partial charge in [0.05, 0.1) is 31.2 Å². The van der Waals surface area contributed by atoms with Gasteiger partial charge < -0.3 is 5.32 Å². The van der Waals surface area contributed by atoms with Gasteiger partial charge in [-0.25, -0.2) is 5.06 Å². The van der Waals surface area contributed by atoms with Crippen molar-refractivity contribution in [1.29, 1.82) is 0 Å². The Labute approximate surface area is 148 Å². The van der Waals surface area contributed by atoms with Crippen LogP contribution in [0, 0.1) is 0 Å². The Morgan fingerprint density at radius 1 is 1.31 bits per heavy atom. The predicted octanol–water partition coefficient (Wildman–Crippen LogP) is 1.56. The molecule has 6 nitrogen and oxygen atoms in total. The van der Waals surface area contributed by atoms with E-state index in [-0.39, 0.29) is 24.8 Å². The van der Waals surface area contributed by atoms with E-state index < -0.39 is 17.8 Å². The molecule has 0 saturated carbocycles. The van der Waals surface area contributed by atoms with Gasteiger partial charge in [0.15, 0.2) is 0 Å². The summed E-state index contributed by atoms with van der Waals surface area (Å²) in [6.07, 6.45) is -3.74. The molecule has 0 unspecified atom stereocenters. The van der Waals surface area contributed by atoms with E-state index in [2.05, 4.69) is 5.32 Å². The number of nitrogens with zero attached hydrogens (tertiary/aromatic N) is 2. The number of hydrogen-bond acceptors (Lipinski definition) is 4. The molecule has 2 amide bonds. The Morgan fingerprint density at radius 2 is 2.12 bits per heavy atom. The molecule has 142 valence electrons. The van der Waals surface area contributed by atoms with Gasteiger partial charge in [0.1, 0.15) is 0 Å². The van der Waals surface area contributed by atoms with Crippen LogP contribution in [-0.4, -0.2) is 54.1 Å². The van der Waals surface area contributed by atoms with E-state index >= 15 is 0 Å². The number of rotatable bonds is 4. The lowest BCUT2D eigenvalue weighted by Gasteiger charge is -2.35. The summed E-state index contributed by atoms with van der Waals surface area (Å²) in [7, 11) is 0. The lowest BCUT2D eigenvalue weighted by molar-refractivity contribution is -0.171. The van der Waals surface area contributed by atoms with E-state index in [1.54, 1.807) is 11.0 Å². The number of carbonyl (C=O) groups excluding carboxylic acids is 2. The minimum Gasteiger partial charge on any atom is -0.353 e. The number of carbonyl (C=O) groups is 2. The molecule has 0 aromatic heterocycles. The largest absolute Gasteiger partial charge is 0.416 e. The zero-order valence-corrected chi connectivity index (χ0v) is 14.1. The number of hydrogen-bond donors (Lipinski definition) is 1. The van der Waals surface area contributed by atoms with E-state index in [1.807, 2.05) is 0 Å². The second kappa shape index (κ2) is 7.63. The number of benzene rings is 1. The summed E-state index contributed by atoms with van der Waals surface area (Å²) >= 11 is 0. The van der Waals surface area contributed by atoms with Crippen molar-refractivity contribution in [2.75, 3.05) is 26.2 Å². The smallest absolute Gasteiger partial charge is 0.353 e. The number of piperazine rings is 1. The SMILES string of the molecule is O=C1NCCN(Cc2cccc(C(F)(F)F)c2)[C@@H]1CC(=O)N1CCCO1. The third-order valence-corrected chi connectivity index (χ3v) is 4.48. The fourth-order valence-corrected chi connectivity index (χ4v) is 3.17. The van der Waals surface area contributed by atoms with Crippen molar-refractivity contribution >= 4 is 11.8 Å². The molecule has 0 bridgehead atoms. The molecule has 1 atom stereocenters. The molecule has 9 heteroatoms. The molecule has 2 fully saturated rings. The minimum absolute atomic E-state index is 0.0647. The monoisotopic (exact) mass is 371 g/mol. The van der Waals surface area contributed by atoms with Gasteiger partial charge >= 0.3 is 6.18 Å². The molecule has 2 saturated heterocycles. The fourth-order valence-electron chi connectivity index (χ4n) is 3.17. The van der Waals surface area contributed by atoms with Gasteiger partial charge in [-0.1, -0.05) is 18.2 Å². The first kappa shape index (κ1) is 18.7. The summed E-state index contributed by atoms with van der Waals surface area (Å²) in [6.45, 7) is 1.97. The Balaban J connectivity index is 1.72. The molecule has 0 radical (unpaired) electrons. The van der Waals surface area contributed by atoms with E-state index in [9.17, 15) is 22.8 Å². The molecule has 2 heterocycles. The van der Waals surface area contributed by atoms with Gasteiger partial charge in [-0.15, -0.1) is 0 Å². The second-order valence-corrected chi connectivity index (χ2v) is 6.36. The Hall–Kier alpha value is -2.13. The molecule has 2 aliphatic heterocycles. The summed E-state index contributed by atoms with van der Waals surface area (Å²) in [5.74, 6) is -0.589. The number of hydroxylamine groups is 2. The van der Waals surface area contributed by atoms with Crippen LogP contribution in [-0.2, 0) is 27.1 Å². The summed E-state index contributed by atoms with van der Waals surface area (Å²) in [5, 5.41) is 3.96. The average Bonchev–Trinajstić information content (AvgIpc) is 3.12. The molecular formula is C17H20F3N3O3. The number of amides is 2. The summed E-state index contributed by atoms with van der Waals surface area (Å²) < 4.78 is 38.7. The first-order valence-corrected chi connectivity index (χ1v) is 8.46. The quantitative estimate of drug-likeness (QED) is 0.873. The standard InChI is InChI=1S/C17H20F3N3O3/c18-17(19,20)13-4-1-3-12(9-13)11-22-7-5-21-16(25)14(22)10-15(24)23-6-2-8-26-23/h1,3-4,9,14H,2,5-8,10-11H2,(H,21,25)/t14-/m1/s1. The highest BCUT2D eigenvalue weighted by Crippen LogP contribution is 2.30.